The fraction of sp³-hybridized carbons (Fsp3) is 0. The highest BCUT2D eigenvalue weighted by atomic mass is 16.3. The van der Waals surface area contributed by atoms with Crippen LogP contribution >= 0.6 is 0 Å². The Kier molecular flexibility index (Phi) is 2.33. The predicted octanol–water partition coefficient (Wildman–Crippen LogP) is 10.4. The van der Waals surface area contributed by atoms with Crippen LogP contribution in [0, 0.1) is 0 Å². The van der Waals surface area contributed by atoms with Gasteiger partial charge in [0.1, 0.15) is 11.2 Å². The molecule has 0 N–H and O–H groups in total. The maximum absolute atomic E-state index is 9.25. The number of hydrogen-bond donors (Lipinski definition) is 0. The first-order valence-corrected chi connectivity index (χ1v) is 11.6. The molecule has 0 bridgehead atoms. The first-order valence-electron chi connectivity index (χ1n) is 18.6. The van der Waals surface area contributed by atoms with Crippen molar-refractivity contribution in [2.45, 2.75) is 0 Å². The molecule has 172 valence electrons. The second kappa shape index (κ2) is 7.81. The van der Waals surface area contributed by atoms with Crippen LogP contribution in [0.2, 0.25) is 0 Å². The summed E-state index contributed by atoms with van der Waals surface area (Å²) < 4.78 is 129. The molecular weight excluding hydrogens is 448 g/mol. The van der Waals surface area contributed by atoms with Gasteiger partial charge in [0.15, 0.2) is 0 Å². The number of para-hydroxylation sites is 1. The number of fused-ring (bicyclic) bond motifs is 6. The number of rotatable bonds is 2. The van der Waals surface area contributed by atoms with Crippen molar-refractivity contribution in [1.29, 1.82) is 0 Å². The molecule has 0 unspecified atom stereocenters. The molecule has 0 saturated carbocycles. The maximum atomic E-state index is 9.25. The molecule has 0 atom stereocenters. The standard InChI is InChI=1S/C36H22O/c1-2-11-24-22-25(21-20-23(24)10-1)34-26-12-3-5-14-28(26)35(29-15-6-4-13-27(29)34)31-17-9-19-33-36(31)30-16-7-8-18-32(30)37-33/h1-22H/i1D,2D,3D,4D,5D,6D,10D,11D,12D,13D,14D,15D,20D,21D. The Hall–Kier alpha value is -4.88. The third kappa shape index (κ3) is 2.98. The van der Waals surface area contributed by atoms with E-state index in [1.807, 2.05) is 6.07 Å². The topological polar surface area (TPSA) is 13.1 Å². The minimum absolute atomic E-state index is 0.0836. The minimum atomic E-state index is -0.646. The van der Waals surface area contributed by atoms with Crippen molar-refractivity contribution < 1.29 is 23.6 Å². The minimum Gasteiger partial charge on any atom is -0.456 e. The quantitative estimate of drug-likeness (QED) is 0.222. The zero-order valence-electron chi connectivity index (χ0n) is 33.0. The zero-order valence-corrected chi connectivity index (χ0v) is 19.0. The summed E-state index contributed by atoms with van der Waals surface area (Å²) in [5, 5.41) is 0.240. The summed E-state index contributed by atoms with van der Waals surface area (Å²) in [6.45, 7) is 0. The van der Waals surface area contributed by atoms with Crippen LogP contribution in [0.15, 0.2) is 138 Å². The Morgan fingerprint density at radius 2 is 1.11 bits per heavy atom. The molecule has 7 aromatic carbocycles. The lowest BCUT2D eigenvalue weighted by Gasteiger charge is -2.18. The first kappa shape index (κ1) is 11.0. The summed E-state index contributed by atoms with van der Waals surface area (Å²) in [6.07, 6.45) is 0. The lowest BCUT2D eigenvalue weighted by molar-refractivity contribution is 0.669. The summed E-state index contributed by atoms with van der Waals surface area (Å²) in [7, 11) is 0. The van der Waals surface area contributed by atoms with Crippen molar-refractivity contribution in [3.8, 4) is 22.3 Å². The Morgan fingerprint density at radius 3 is 1.86 bits per heavy atom. The number of furan rings is 1. The van der Waals surface area contributed by atoms with E-state index in [1.165, 1.54) is 6.07 Å². The smallest absolute Gasteiger partial charge is 0.136 e. The summed E-state index contributed by atoms with van der Waals surface area (Å²) in [5.41, 5.74) is 1.00. The van der Waals surface area contributed by atoms with E-state index in [9.17, 15) is 5.48 Å². The second-order valence-electron chi connectivity index (χ2n) is 8.62. The molecule has 0 amide bonds. The molecule has 0 spiro atoms. The molecule has 0 fully saturated rings. The molecule has 1 aromatic heterocycles. The van der Waals surface area contributed by atoms with Crippen LogP contribution in [-0.2, 0) is 0 Å². The fourth-order valence-corrected chi connectivity index (χ4v) is 5.12. The van der Waals surface area contributed by atoms with E-state index in [1.54, 1.807) is 36.4 Å². The van der Waals surface area contributed by atoms with Crippen molar-refractivity contribution in [2.75, 3.05) is 0 Å². The van der Waals surface area contributed by atoms with Crippen molar-refractivity contribution >= 4 is 54.3 Å². The maximum Gasteiger partial charge on any atom is 0.136 e. The van der Waals surface area contributed by atoms with Gasteiger partial charge >= 0.3 is 0 Å². The lowest BCUT2D eigenvalue weighted by Crippen LogP contribution is -1.91. The Bertz CT molecular complexity index is 2830. The van der Waals surface area contributed by atoms with Gasteiger partial charge in [-0.1, -0.05) is 115 Å². The van der Waals surface area contributed by atoms with Crippen LogP contribution in [0.25, 0.3) is 76.5 Å². The second-order valence-corrected chi connectivity index (χ2v) is 8.62. The molecule has 8 aromatic rings. The van der Waals surface area contributed by atoms with Gasteiger partial charge < -0.3 is 4.42 Å². The summed E-state index contributed by atoms with van der Waals surface area (Å²) in [6, 6.07) is 5.43. The molecular formula is C36H22O. The van der Waals surface area contributed by atoms with Gasteiger partial charge in [0.05, 0.1) is 19.2 Å². The van der Waals surface area contributed by atoms with Crippen LogP contribution in [0.3, 0.4) is 0 Å². The molecule has 1 heterocycles. The van der Waals surface area contributed by atoms with Crippen molar-refractivity contribution in [3.05, 3.63) is 133 Å². The van der Waals surface area contributed by atoms with Crippen LogP contribution in [0.4, 0.5) is 0 Å². The summed E-state index contributed by atoms with van der Waals surface area (Å²) in [4.78, 5) is 0. The van der Waals surface area contributed by atoms with E-state index in [0.717, 1.165) is 0 Å². The predicted molar refractivity (Wildman–Crippen MR) is 157 cm³/mol. The molecule has 0 aliphatic rings. The SMILES string of the molecule is [2H]c1c([2H])c([2H])c2c([2H])c([2H])c(-c3c4c([2H])c([2H])c([2H])c([2H])c4c(-c4cccc5oc6ccccc6c45)c4c([2H])c([2H])c([2H])c([2H])c34)cc2c1[2H]. The average Bonchev–Trinajstić information content (AvgIpc) is 3.51. The Balaban J connectivity index is 1.73. The van der Waals surface area contributed by atoms with E-state index >= 15 is 0 Å². The van der Waals surface area contributed by atoms with Gasteiger partial charge in [-0.3, -0.25) is 0 Å². The lowest BCUT2D eigenvalue weighted by atomic mass is 9.84. The largest absolute Gasteiger partial charge is 0.456 e. The molecule has 1 heteroatoms. The molecule has 37 heavy (non-hydrogen) atoms. The summed E-state index contributed by atoms with van der Waals surface area (Å²) in [5.74, 6) is 0. The van der Waals surface area contributed by atoms with Crippen LogP contribution in [0.1, 0.15) is 19.2 Å². The van der Waals surface area contributed by atoms with Gasteiger partial charge in [0.2, 0.25) is 0 Å². The van der Waals surface area contributed by atoms with Crippen molar-refractivity contribution in [3.63, 3.8) is 0 Å². The van der Waals surface area contributed by atoms with E-state index in [2.05, 4.69) is 0 Å². The normalized spacial score (nSPS) is 17.1. The number of benzene rings is 7. The van der Waals surface area contributed by atoms with Gasteiger partial charge in [-0.25, -0.2) is 0 Å². The van der Waals surface area contributed by atoms with Crippen LogP contribution < -0.4 is 0 Å². The molecule has 8 rings (SSSR count). The molecule has 0 aliphatic carbocycles. The van der Waals surface area contributed by atoms with Gasteiger partial charge in [-0.05, 0) is 72.8 Å². The van der Waals surface area contributed by atoms with Gasteiger partial charge in [0, 0.05) is 10.8 Å². The molecule has 0 aliphatic heterocycles. The molecule has 1 nitrogen and oxygen atoms in total. The average molecular weight is 485 g/mol. The zero-order chi connectivity index (χ0) is 36.5. The third-order valence-electron chi connectivity index (χ3n) is 6.64. The van der Waals surface area contributed by atoms with E-state index < -0.39 is 84.6 Å². The van der Waals surface area contributed by atoms with Crippen LogP contribution in [-0.4, -0.2) is 0 Å². The van der Waals surface area contributed by atoms with Crippen molar-refractivity contribution in [2.24, 2.45) is 0 Å². The first-order chi connectivity index (χ1) is 24.2. The van der Waals surface area contributed by atoms with Gasteiger partial charge in [-0.2, -0.15) is 0 Å². The number of hydrogen-bond acceptors (Lipinski definition) is 1. The highest BCUT2D eigenvalue weighted by Crippen LogP contribution is 2.46. The van der Waals surface area contributed by atoms with Gasteiger partial charge in [-0.15, -0.1) is 0 Å². The Labute approximate surface area is 233 Å². The Morgan fingerprint density at radius 1 is 0.486 bits per heavy atom. The molecule has 0 radical (unpaired) electrons. The monoisotopic (exact) mass is 484 g/mol. The van der Waals surface area contributed by atoms with Crippen LogP contribution in [0.5, 0.6) is 0 Å². The highest BCUT2D eigenvalue weighted by Gasteiger charge is 2.20. The highest BCUT2D eigenvalue weighted by molar-refractivity contribution is 6.25. The fourth-order valence-electron chi connectivity index (χ4n) is 5.12. The molecule has 0 saturated heterocycles. The van der Waals surface area contributed by atoms with Crippen molar-refractivity contribution in [1.82, 2.24) is 0 Å². The summed E-state index contributed by atoms with van der Waals surface area (Å²) >= 11 is 0. The van der Waals surface area contributed by atoms with E-state index in [-0.39, 0.29) is 49.0 Å². The van der Waals surface area contributed by atoms with Gasteiger partial charge in [0.25, 0.3) is 0 Å². The van der Waals surface area contributed by atoms with E-state index in [0.29, 0.717) is 27.5 Å². The third-order valence-corrected chi connectivity index (χ3v) is 6.64. The van der Waals surface area contributed by atoms with E-state index in [4.69, 9.17) is 18.1 Å².